The van der Waals surface area contributed by atoms with Gasteiger partial charge in [0.1, 0.15) is 5.75 Å². The number of amides is 1. The Kier molecular flexibility index (Phi) is 6.29. The third kappa shape index (κ3) is 4.33. The largest absolute Gasteiger partial charge is 0.496 e. The topological polar surface area (TPSA) is 58.6 Å². The van der Waals surface area contributed by atoms with Gasteiger partial charge in [-0.25, -0.2) is 0 Å². The molecule has 2 aromatic carbocycles. The number of ether oxygens (including phenoxy) is 1. The summed E-state index contributed by atoms with van der Waals surface area (Å²) in [4.78, 5) is 12.9. The zero-order chi connectivity index (χ0) is 20.3. The summed E-state index contributed by atoms with van der Waals surface area (Å²) in [5.41, 5.74) is -0.319. The van der Waals surface area contributed by atoms with E-state index < -0.39 is 5.60 Å². The summed E-state index contributed by atoms with van der Waals surface area (Å²) in [5, 5.41) is 15.8. The fraction of sp³-hybridized carbons (Fsp3) is 0.542. The molecule has 152 valence electrons. The lowest BCUT2D eigenvalue weighted by atomic mass is 9.71. The van der Waals surface area contributed by atoms with Gasteiger partial charge in [-0.05, 0) is 67.9 Å². The fourth-order valence-electron chi connectivity index (χ4n) is 4.57. The summed E-state index contributed by atoms with van der Waals surface area (Å²) in [6, 6.07) is 11.4. The summed E-state index contributed by atoms with van der Waals surface area (Å²) in [7, 11) is 1.61. The first kappa shape index (κ1) is 20.7. The Morgan fingerprint density at radius 1 is 1.18 bits per heavy atom. The van der Waals surface area contributed by atoms with E-state index in [-0.39, 0.29) is 18.4 Å². The van der Waals surface area contributed by atoms with E-state index >= 15 is 0 Å². The van der Waals surface area contributed by atoms with Crippen LogP contribution in [0, 0.1) is 17.8 Å². The second-order valence-electron chi connectivity index (χ2n) is 8.76. The Morgan fingerprint density at radius 3 is 2.43 bits per heavy atom. The summed E-state index contributed by atoms with van der Waals surface area (Å²) in [6.07, 6.45) is 4.36. The molecule has 2 aromatic rings. The first-order valence-corrected chi connectivity index (χ1v) is 10.4. The molecule has 3 rings (SSSR count). The van der Waals surface area contributed by atoms with Crippen LogP contribution in [0.5, 0.6) is 5.75 Å². The van der Waals surface area contributed by atoms with Crippen molar-refractivity contribution < 1.29 is 14.6 Å². The highest BCUT2D eigenvalue weighted by Crippen LogP contribution is 2.38. The number of nitrogens with one attached hydrogen (secondary N) is 1. The van der Waals surface area contributed by atoms with Gasteiger partial charge in [-0.1, -0.05) is 38.1 Å². The number of fused-ring (bicyclic) bond motifs is 1. The molecule has 0 spiro atoms. The second kappa shape index (κ2) is 8.52. The van der Waals surface area contributed by atoms with Crippen LogP contribution in [0.2, 0.25) is 0 Å². The molecular weight excluding hydrogens is 350 g/mol. The van der Waals surface area contributed by atoms with Crippen LogP contribution < -0.4 is 10.1 Å². The second-order valence-corrected chi connectivity index (χ2v) is 8.76. The van der Waals surface area contributed by atoms with Crippen molar-refractivity contribution in [2.45, 2.75) is 52.1 Å². The molecule has 1 saturated carbocycles. The molecular formula is C24H33NO3. The molecule has 2 N–H and O–H groups in total. The van der Waals surface area contributed by atoms with Gasteiger partial charge in [-0.2, -0.15) is 0 Å². The molecule has 1 atom stereocenters. The molecule has 0 aromatic heterocycles. The molecule has 0 aliphatic heterocycles. The lowest BCUT2D eigenvalue weighted by Gasteiger charge is -2.39. The molecule has 0 radical (unpaired) electrons. The van der Waals surface area contributed by atoms with E-state index in [2.05, 4.69) is 19.2 Å². The average Bonchev–Trinajstić information content (AvgIpc) is 2.71. The summed E-state index contributed by atoms with van der Waals surface area (Å²) in [6.45, 7) is 6.68. The predicted octanol–water partition coefficient (Wildman–Crippen LogP) is 4.79. The van der Waals surface area contributed by atoms with Crippen molar-refractivity contribution >= 4 is 16.7 Å². The molecule has 1 aliphatic carbocycles. The Balaban J connectivity index is 1.70. The third-order valence-electron chi connectivity index (χ3n) is 6.53. The average molecular weight is 384 g/mol. The van der Waals surface area contributed by atoms with Crippen molar-refractivity contribution in [3.05, 3.63) is 42.0 Å². The van der Waals surface area contributed by atoms with E-state index in [1.54, 1.807) is 7.11 Å². The third-order valence-corrected chi connectivity index (χ3v) is 6.53. The van der Waals surface area contributed by atoms with Crippen LogP contribution in [0.3, 0.4) is 0 Å². The Labute approximate surface area is 168 Å². The number of rotatable bonds is 6. The molecule has 0 saturated heterocycles. The van der Waals surface area contributed by atoms with E-state index in [1.807, 2.05) is 43.3 Å². The molecule has 1 fully saturated rings. The molecule has 0 bridgehead atoms. The van der Waals surface area contributed by atoms with Crippen LogP contribution in [0.1, 0.15) is 56.8 Å². The minimum Gasteiger partial charge on any atom is -0.496 e. The number of carbonyl (C=O) groups excluding carboxylic acids is 1. The first-order chi connectivity index (χ1) is 13.3. The maximum absolute atomic E-state index is 12.9. The highest BCUT2D eigenvalue weighted by Gasteiger charge is 2.36. The molecule has 1 unspecified atom stereocenters. The molecule has 28 heavy (non-hydrogen) atoms. The van der Waals surface area contributed by atoms with Gasteiger partial charge in [-0.15, -0.1) is 0 Å². The lowest BCUT2D eigenvalue weighted by molar-refractivity contribution is -0.0228. The van der Waals surface area contributed by atoms with Crippen molar-refractivity contribution in [2.24, 2.45) is 17.8 Å². The van der Waals surface area contributed by atoms with E-state index in [4.69, 9.17) is 4.74 Å². The van der Waals surface area contributed by atoms with Crippen molar-refractivity contribution in [3.63, 3.8) is 0 Å². The van der Waals surface area contributed by atoms with Gasteiger partial charge < -0.3 is 15.2 Å². The van der Waals surface area contributed by atoms with Crippen molar-refractivity contribution in [1.29, 1.82) is 0 Å². The van der Waals surface area contributed by atoms with Crippen LogP contribution in [0.15, 0.2) is 36.4 Å². The molecule has 4 heteroatoms. The summed E-state index contributed by atoms with van der Waals surface area (Å²) >= 11 is 0. The fourth-order valence-corrected chi connectivity index (χ4v) is 4.57. The van der Waals surface area contributed by atoms with E-state index in [9.17, 15) is 9.90 Å². The van der Waals surface area contributed by atoms with Crippen molar-refractivity contribution in [2.75, 3.05) is 13.7 Å². The van der Waals surface area contributed by atoms with Gasteiger partial charge in [0.2, 0.25) is 0 Å². The van der Waals surface area contributed by atoms with Gasteiger partial charge in [0.15, 0.2) is 0 Å². The Morgan fingerprint density at radius 2 is 1.82 bits per heavy atom. The number of aliphatic hydroxyl groups is 1. The molecule has 1 amide bonds. The Hall–Kier alpha value is -2.07. The maximum atomic E-state index is 12.9. The number of hydrogen-bond acceptors (Lipinski definition) is 3. The van der Waals surface area contributed by atoms with Crippen LogP contribution in [-0.4, -0.2) is 30.3 Å². The van der Waals surface area contributed by atoms with E-state index in [0.29, 0.717) is 17.2 Å². The quantitative estimate of drug-likeness (QED) is 0.754. The Bertz CT molecular complexity index is 814. The smallest absolute Gasteiger partial charge is 0.252 e. The maximum Gasteiger partial charge on any atom is 0.252 e. The normalized spacial score (nSPS) is 22.1. The van der Waals surface area contributed by atoms with E-state index in [0.717, 1.165) is 42.4 Å². The number of carbonyl (C=O) groups is 1. The van der Waals surface area contributed by atoms with Gasteiger partial charge in [0.05, 0.1) is 18.3 Å². The van der Waals surface area contributed by atoms with Crippen molar-refractivity contribution in [3.8, 4) is 5.75 Å². The van der Waals surface area contributed by atoms with Gasteiger partial charge >= 0.3 is 0 Å². The minimum atomic E-state index is -0.897. The zero-order valence-corrected chi connectivity index (χ0v) is 17.5. The van der Waals surface area contributed by atoms with Gasteiger partial charge in [0, 0.05) is 11.9 Å². The molecule has 4 nitrogen and oxygen atoms in total. The van der Waals surface area contributed by atoms with Crippen LogP contribution in [-0.2, 0) is 0 Å². The minimum absolute atomic E-state index is 0.175. The SMILES string of the molecule is COc1cccc2cccc(C(=O)NCC(C)(O)C3CCC(C(C)C)CC3)c12. The predicted molar refractivity (Wildman–Crippen MR) is 114 cm³/mol. The first-order valence-electron chi connectivity index (χ1n) is 10.4. The standard InChI is InChI=1S/C24H33NO3/c1-16(2)17-11-13-19(14-12-17)24(3,27)15-25-23(26)20-9-5-7-18-8-6-10-21(28-4)22(18)20/h5-10,16-17,19,27H,11-15H2,1-4H3,(H,25,26). The van der Waals surface area contributed by atoms with Crippen LogP contribution in [0.25, 0.3) is 10.8 Å². The summed E-state index contributed by atoms with van der Waals surface area (Å²) in [5.74, 6) is 2.19. The van der Waals surface area contributed by atoms with E-state index in [1.165, 1.54) is 0 Å². The molecule has 1 aliphatic rings. The molecule has 0 heterocycles. The van der Waals surface area contributed by atoms with Crippen LogP contribution in [0.4, 0.5) is 0 Å². The number of hydrogen-bond donors (Lipinski definition) is 2. The zero-order valence-electron chi connectivity index (χ0n) is 17.5. The van der Waals surface area contributed by atoms with Crippen LogP contribution >= 0.6 is 0 Å². The van der Waals surface area contributed by atoms with Gasteiger partial charge in [-0.3, -0.25) is 4.79 Å². The van der Waals surface area contributed by atoms with Gasteiger partial charge in [0.25, 0.3) is 5.91 Å². The summed E-state index contributed by atoms with van der Waals surface area (Å²) < 4.78 is 5.46. The number of benzene rings is 2. The monoisotopic (exact) mass is 383 g/mol. The van der Waals surface area contributed by atoms with Crippen molar-refractivity contribution in [1.82, 2.24) is 5.32 Å². The highest BCUT2D eigenvalue weighted by molar-refractivity contribution is 6.09. The highest BCUT2D eigenvalue weighted by atomic mass is 16.5. The number of methoxy groups -OCH3 is 1. The lowest BCUT2D eigenvalue weighted by Crippen LogP contribution is -2.47.